The minimum Gasteiger partial charge on any atom is -0.496 e. The van der Waals surface area contributed by atoms with Crippen LogP contribution < -0.4 is 10.1 Å². The fourth-order valence-electron chi connectivity index (χ4n) is 2.05. The summed E-state index contributed by atoms with van der Waals surface area (Å²) in [7, 11) is 1.55. The summed E-state index contributed by atoms with van der Waals surface area (Å²) in [6.45, 7) is 9.22. The van der Waals surface area contributed by atoms with Crippen LogP contribution in [-0.4, -0.2) is 36.5 Å². The van der Waals surface area contributed by atoms with Gasteiger partial charge < -0.3 is 10.1 Å². The zero-order valence-electron chi connectivity index (χ0n) is 13.5. The van der Waals surface area contributed by atoms with Gasteiger partial charge in [-0.3, -0.25) is 9.69 Å². The molecule has 0 aromatic heterocycles. The maximum Gasteiger partial charge on any atom is 0.234 e. The molecule has 0 unspecified atom stereocenters. The van der Waals surface area contributed by atoms with Gasteiger partial charge in [-0.05, 0) is 45.5 Å². The molecular formula is C16H25FN2O2. The molecule has 0 fully saturated rings. The van der Waals surface area contributed by atoms with E-state index in [0.29, 0.717) is 18.8 Å². The number of halogens is 1. The molecule has 118 valence electrons. The number of nitrogens with zero attached hydrogens (tertiary/aromatic N) is 1. The van der Waals surface area contributed by atoms with Gasteiger partial charge in [0.2, 0.25) is 5.91 Å². The molecule has 1 aromatic rings. The first-order valence-electron chi connectivity index (χ1n) is 7.11. The Morgan fingerprint density at radius 3 is 2.57 bits per heavy atom. The number of hydrogen-bond acceptors (Lipinski definition) is 3. The summed E-state index contributed by atoms with van der Waals surface area (Å²) in [5.74, 6) is 0.284. The normalized spacial score (nSPS) is 11.6. The molecule has 1 amide bonds. The van der Waals surface area contributed by atoms with Gasteiger partial charge >= 0.3 is 0 Å². The number of nitrogens with one attached hydrogen (secondary N) is 1. The van der Waals surface area contributed by atoms with Crippen LogP contribution in [-0.2, 0) is 11.3 Å². The highest BCUT2D eigenvalue weighted by Crippen LogP contribution is 2.21. The van der Waals surface area contributed by atoms with Crippen LogP contribution in [0.5, 0.6) is 5.75 Å². The number of likely N-dealkylation sites (N-methyl/N-ethyl adjacent to an activating group) is 1. The highest BCUT2D eigenvalue weighted by atomic mass is 19.1. The molecule has 1 aromatic carbocycles. The van der Waals surface area contributed by atoms with Crippen LogP contribution in [0.15, 0.2) is 18.2 Å². The summed E-state index contributed by atoms with van der Waals surface area (Å²) in [6.07, 6.45) is 0. The molecule has 0 saturated carbocycles. The average molecular weight is 296 g/mol. The van der Waals surface area contributed by atoms with Crippen molar-refractivity contribution in [3.8, 4) is 5.75 Å². The van der Waals surface area contributed by atoms with E-state index in [1.54, 1.807) is 13.2 Å². The minimum atomic E-state index is -0.305. The van der Waals surface area contributed by atoms with Gasteiger partial charge in [-0.25, -0.2) is 4.39 Å². The van der Waals surface area contributed by atoms with Crippen LogP contribution in [0, 0.1) is 5.82 Å². The standard InChI is InChI=1S/C16H25FN2O2/c1-6-19(11-15(20)18-16(2,3)4)10-12-9-13(17)7-8-14(12)21-5/h7-9H,6,10-11H2,1-5H3,(H,18,20). The molecule has 5 heteroatoms. The number of ether oxygens (including phenoxy) is 1. The Morgan fingerprint density at radius 1 is 1.38 bits per heavy atom. The van der Waals surface area contributed by atoms with E-state index in [-0.39, 0.29) is 23.8 Å². The van der Waals surface area contributed by atoms with E-state index in [2.05, 4.69) is 5.32 Å². The van der Waals surface area contributed by atoms with Crippen LogP contribution in [0.4, 0.5) is 4.39 Å². The predicted octanol–water partition coefficient (Wildman–Crippen LogP) is 2.57. The second-order valence-electron chi connectivity index (χ2n) is 6.06. The predicted molar refractivity (Wildman–Crippen MR) is 81.8 cm³/mol. The number of methoxy groups -OCH3 is 1. The van der Waals surface area contributed by atoms with Crippen LogP contribution in [0.2, 0.25) is 0 Å². The Labute approximate surface area is 126 Å². The molecule has 21 heavy (non-hydrogen) atoms. The van der Waals surface area contributed by atoms with Crippen LogP contribution in [0.1, 0.15) is 33.3 Å². The third-order valence-corrected chi connectivity index (χ3v) is 2.97. The minimum absolute atomic E-state index is 0.0419. The third kappa shape index (κ3) is 6.12. The van der Waals surface area contributed by atoms with E-state index in [9.17, 15) is 9.18 Å². The smallest absolute Gasteiger partial charge is 0.234 e. The Morgan fingerprint density at radius 2 is 2.05 bits per heavy atom. The monoisotopic (exact) mass is 296 g/mol. The lowest BCUT2D eigenvalue weighted by molar-refractivity contribution is -0.123. The molecule has 1 rings (SSSR count). The van der Waals surface area contributed by atoms with Gasteiger partial charge in [0, 0.05) is 17.6 Å². The maximum atomic E-state index is 13.4. The van der Waals surface area contributed by atoms with Gasteiger partial charge in [-0.15, -0.1) is 0 Å². The second-order valence-corrected chi connectivity index (χ2v) is 6.06. The maximum absolute atomic E-state index is 13.4. The molecule has 0 aliphatic rings. The number of carbonyl (C=O) groups is 1. The van der Waals surface area contributed by atoms with Gasteiger partial charge in [0.1, 0.15) is 11.6 Å². The number of amides is 1. The van der Waals surface area contributed by atoms with Crippen molar-refractivity contribution >= 4 is 5.91 Å². The largest absolute Gasteiger partial charge is 0.496 e. The molecule has 4 nitrogen and oxygen atoms in total. The number of benzene rings is 1. The second kappa shape index (κ2) is 7.41. The zero-order valence-corrected chi connectivity index (χ0v) is 13.5. The summed E-state index contributed by atoms with van der Waals surface area (Å²) in [6, 6.07) is 4.42. The number of carbonyl (C=O) groups excluding carboxylic acids is 1. The van der Waals surface area contributed by atoms with E-state index >= 15 is 0 Å². The topological polar surface area (TPSA) is 41.6 Å². The summed E-state index contributed by atoms with van der Waals surface area (Å²) in [5, 5.41) is 2.92. The van der Waals surface area contributed by atoms with Gasteiger partial charge in [0.25, 0.3) is 0 Å². The lowest BCUT2D eigenvalue weighted by Crippen LogP contribution is -2.45. The first-order valence-corrected chi connectivity index (χ1v) is 7.11. The molecule has 0 aliphatic carbocycles. The van der Waals surface area contributed by atoms with Gasteiger partial charge in [0.15, 0.2) is 0 Å². The van der Waals surface area contributed by atoms with E-state index in [1.807, 2.05) is 32.6 Å². The summed E-state index contributed by atoms with van der Waals surface area (Å²) < 4.78 is 18.6. The number of hydrogen-bond donors (Lipinski definition) is 1. The SMILES string of the molecule is CCN(CC(=O)NC(C)(C)C)Cc1cc(F)ccc1OC. The Hall–Kier alpha value is -1.62. The van der Waals surface area contributed by atoms with E-state index in [1.165, 1.54) is 12.1 Å². The van der Waals surface area contributed by atoms with Crippen molar-refractivity contribution in [2.24, 2.45) is 0 Å². The quantitative estimate of drug-likeness (QED) is 0.877. The fourth-order valence-corrected chi connectivity index (χ4v) is 2.05. The zero-order chi connectivity index (χ0) is 16.0. The Kier molecular flexibility index (Phi) is 6.15. The average Bonchev–Trinajstić information content (AvgIpc) is 2.36. The highest BCUT2D eigenvalue weighted by Gasteiger charge is 2.17. The lowest BCUT2D eigenvalue weighted by Gasteiger charge is -2.25. The van der Waals surface area contributed by atoms with E-state index < -0.39 is 0 Å². The summed E-state index contributed by atoms with van der Waals surface area (Å²) in [4.78, 5) is 13.9. The Bertz CT molecular complexity index is 484. The number of rotatable bonds is 6. The van der Waals surface area contributed by atoms with Gasteiger partial charge in [-0.1, -0.05) is 6.92 Å². The molecule has 0 radical (unpaired) electrons. The molecule has 0 heterocycles. The van der Waals surface area contributed by atoms with E-state index in [0.717, 1.165) is 5.56 Å². The first-order chi connectivity index (χ1) is 9.75. The van der Waals surface area contributed by atoms with Crippen LogP contribution in [0.25, 0.3) is 0 Å². The van der Waals surface area contributed by atoms with Crippen molar-refractivity contribution in [3.05, 3.63) is 29.6 Å². The highest BCUT2D eigenvalue weighted by molar-refractivity contribution is 5.78. The summed E-state index contributed by atoms with van der Waals surface area (Å²) in [5.41, 5.74) is 0.482. The van der Waals surface area contributed by atoms with Crippen LogP contribution >= 0.6 is 0 Å². The fraction of sp³-hybridized carbons (Fsp3) is 0.562. The Balaban J connectivity index is 2.74. The molecule has 0 aliphatic heterocycles. The first kappa shape index (κ1) is 17.4. The molecule has 1 N–H and O–H groups in total. The van der Waals surface area contributed by atoms with Crippen molar-refractivity contribution in [2.75, 3.05) is 20.2 Å². The molecule has 0 saturated heterocycles. The molecule has 0 bridgehead atoms. The lowest BCUT2D eigenvalue weighted by atomic mass is 10.1. The van der Waals surface area contributed by atoms with Gasteiger partial charge in [0.05, 0.1) is 13.7 Å². The van der Waals surface area contributed by atoms with Crippen molar-refractivity contribution in [3.63, 3.8) is 0 Å². The molecule has 0 spiro atoms. The van der Waals surface area contributed by atoms with Crippen molar-refractivity contribution in [1.29, 1.82) is 0 Å². The van der Waals surface area contributed by atoms with Gasteiger partial charge in [-0.2, -0.15) is 0 Å². The van der Waals surface area contributed by atoms with Crippen molar-refractivity contribution in [2.45, 2.75) is 39.8 Å². The van der Waals surface area contributed by atoms with Crippen LogP contribution in [0.3, 0.4) is 0 Å². The summed E-state index contributed by atoms with van der Waals surface area (Å²) >= 11 is 0. The van der Waals surface area contributed by atoms with Crippen molar-refractivity contribution < 1.29 is 13.9 Å². The molecule has 0 atom stereocenters. The molecular weight excluding hydrogens is 271 g/mol. The van der Waals surface area contributed by atoms with E-state index in [4.69, 9.17) is 4.74 Å². The third-order valence-electron chi connectivity index (χ3n) is 2.97. The van der Waals surface area contributed by atoms with Crippen molar-refractivity contribution in [1.82, 2.24) is 10.2 Å².